The molecule has 30 heavy (non-hydrogen) atoms. The van der Waals surface area contributed by atoms with Gasteiger partial charge >= 0.3 is 0 Å². The molecule has 0 radical (unpaired) electrons. The van der Waals surface area contributed by atoms with Gasteiger partial charge < -0.3 is 19.5 Å². The molecule has 9 heteroatoms. The van der Waals surface area contributed by atoms with Crippen LogP contribution < -0.4 is 5.32 Å². The Balaban J connectivity index is 0.00000320. The number of aryl methyl sites for hydroxylation is 2. The van der Waals surface area contributed by atoms with Gasteiger partial charge in [-0.3, -0.25) is 0 Å². The molecular formula is C21H33IN6OS. The first kappa shape index (κ1) is 24.9. The fourth-order valence-corrected chi connectivity index (χ4v) is 3.83. The van der Waals surface area contributed by atoms with Crippen LogP contribution >= 0.6 is 35.7 Å². The number of thioether (sulfide) groups is 1. The van der Waals surface area contributed by atoms with E-state index in [4.69, 9.17) is 9.73 Å². The highest BCUT2D eigenvalue weighted by Gasteiger charge is 2.25. The minimum absolute atomic E-state index is 0. The first-order valence-corrected chi connectivity index (χ1v) is 11.5. The molecular weight excluding hydrogens is 511 g/mol. The van der Waals surface area contributed by atoms with Crippen molar-refractivity contribution >= 4 is 41.7 Å². The third-order valence-corrected chi connectivity index (χ3v) is 5.96. The van der Waals surface area contributed by atoms with E-state index in [0.717, 1.165) is 49.4 Å². The number of aliphatic imine (C=N–C) groups is 1. The number of nitrogens with one attached hydrogen (secondary N) is 1. The lowest BCUT2D eigenvalue weighted by atomic mass is 10.0. The summed E-state index contributed by atoms with van der Waals surface area (Å²) >= 11 is 1.87. The van der Waals surface area contributed by atoms with Crippen LogP contribution in [0.1, 0.15) is 35.3 Å². The predicted molar refractivity (Wildman–Crippen MR) is 135 cm³/mol. The summed E-state index contributed by atoms with van der Waals surface area (Å²) in [5, 5.41) is 11.9. The molecule has 1 atom stereocenters. The van der Waals surface area contributed by atoms with Crippen LogP contribution in [-0.4, -0.2) is 63.9 Å². The van der Waals surface area contributed by atoms with E-state index in [1.807, 2.05) is 30.3 Å². The summed E-state index contributed by atoms with van der Waals surface area (Å²) in [7, 11) is 1.98. The molecule has 0 aliphatic carbocycles. The van der Waals surface area contributed by atoms with E-state index in [-0.39, 0.29) is 30.1 Å². The summed E-state index contributed by atoms with van der Waals surface area (Å²) in [6, 6.07) is 8.46. The van der Waals surface area contributed by atoms with E-state index < -0.39 is 0 Å². The van der Waals surface area contributed by atoms with Crippen molar-refractivity contribution in [3.63, 3.8) is 0 Å². The Bertz CT molecular complexity index is 828. The molecule has 1 saturated heterocycles. The predicted octanol–water partition coefficient (Wildman–Crippen LogP) is 3.32. The van der Waals surface area contributed by atoms with Gasteiger partial charge in [-0.1, -0.05) is 24.3 Å². The highest BCUT2D eigenvalue weighted by Crippen LogP contribution is 2.25. The largest absolute Gasteiger partial charge is 0.370 e. The van der Waals surface area contributed by atoms with Crippen molar-refractivity contribution in [1.82, 2.24) is 25.0 Å². The van der Waals surface area contributed by atoms with Gasteiger partial charge in [-0.2, -0.15) is 11.8 Å². The third-order valence-electron chi connectivity index (χ3n) is 5.26. The number of rotatable bonds is 7. The second-order valence-corrected chi connectivity index (χ2v) is 8.28. The zero-order valence-corrected chi connectivity index (χ0v) is 21.4. The molecule has 166 valence electrons. The Labute approximate surface area is 201 Å². The van der Waals surface area contributed by atoms with Crippen molar-refractivity contribution in [3.8, 4) is 0 Å². The molecule has 1 aromatic carbocycles. The van der Waals surface area contributed by atoms with Crippen LogP contribution in [0, 0.1) is 13.8 Å². The summed E-state index contributed by atoms with van der Waals surface area (Å²) in [6.45, 7) is 7.82. The monoisotopic (exact) mass is 544 g/mol. The van der Waals surface area contributed by atoms with Crippen molar-refractivity contribution in [1.29, 1.82) is 0 Å². The summed E-state index contributed by atoms with van der Waals surface area (Å²) in [4.78, 5) is 7.19. The molecule has 0 spiro atoms. The molecule has 2 heterocycles. The molecule has 0 bridgehead atoms. The van der Waals surface area contributed by atoms with Crippen molar-refractivity contribution in [3.05, 3.63) is 47.0 Å². The number of ether oxygens (including phenoxy) is 1. The topological polar surface area (TPSA) is 67.6 Å². The van der Waals surface area contributed by atoms with Crippen molar-refractivity contribution in [2.45, 2.75) is 32.9 Å². The van der Waals surface area contributed by atoms with Gasteiger partial charge in [-0.25, -0.2) is 4.99 Å². The SMILES string of the molecule is CSCCCNC(=NCc1nnc(C)n1C)N1CCOC(c2ccccc2C)C1.I. The molecule has 1 unspecified atom stereocenters. The van der Waals surface area contributed by atoms with E-state index in [9.17, 15) is 0 Å². The lowest BCUT2D eigenvalue weighted by molar-refractivity contribution is -0.00836. The summed E-state index contributed by atoms with van der Waals surface area (Å²) < 4.78 is 8.09. The molecule has 1 fully saturated rings. The van der Waals surface area contributed by atoms with Gasteiger partial charge in [0, 0.05) is 20.1 Å². The zero-order valence-electron chi connectivity index (χ0n) is 18.3. The molecule has 1 aliphatic heterocycles. The van der Waals surface area contributed by atoms with E-state index in [1.165, 1.54) is 11.1 Å². The van der Waals surface area contributed by atoms with Crippen molar-refractivity contribution in [2.24, 2.45) is 12.0 Å². The minimum atomic E-state index is 0. The minimum Gasteiger partial charge on any atom is -0.370 e. The van der Waals surface area contributed by atoms with Gasteiger partial charge in [-0.15, -0.1) is 34.2 Å². The quantitative estimate of drug-likeness (QED) is 0.250. The lowest BCUT2D eigenvalue weighted by Gasteiger charge is -2.36. The molecule has 0 saturated carbocycles. The number of guanidine groups is 1. The fraction of sp³-hybridized carbons (Fsp3) is 0.571. The highest BCUT2D eigenvalue weighted by molar-refractivity contribution is 14.0. The smallest absolute Gasteiger partial charge is 0.194 e. The first-order chi connectivity index (χ1) is 14.1. The van der Waals surface area contributed by atoms with Crippen LogP contribution in [0.25, 0.3) is 0 Å². The number of halogens is 1. The number of aromatic nitrogens is 3. The maximum absolute atomic E-state index is 6.10. The molecule has 2 aromatic rings. The number of hydrogen-bond acceptors (Lipinski definition) is 5. The second-order valence-electron chi connectivity index (χ2n) is 7.30. The van der Waals surface area contributed by atoms with Crippen LogP contribution in [0.3, 0.4) is 0 Å². The molecule has 1 aromatic heterocycles. The average Bonchev–Trinajstić information content (AvgIpc) is 3.06. The van der Waals surface area contributed by atoms with Gasteiger partial charge in [-0.05, 0) is 43.4 Å². The Morgan fingerprint density at radius 2 is 2.10 bits per heavy atom. The van der Waals surface area contributed by atoms with Crippen molar-refractivity contribution < 1.29 is 4.74 Å². The standard InChI is InChI=1S/C21H32N6OS.HI/c1-16-8-5-6-9-18(16)19-15-27(11-12-28-19)21(22-10-7-13-29-4)23-14-20-25-24-17(2)26(20)3;/h5-6,8-9,19H,7,10-15H2,1-4H3,(H,22,23);1H. The maximum atomic E-state index is 6.10. The Hall–Kier alpha value is -1.33. The molecule has 7 nitrogen and oxygen atoms in total. The molecule has 3 rings (SSSR count). The van der Waals surface area contributed by atoms with Crippen LogP contribution in [0.5, 0.6) is 0 Å². The molecule has 1 N–H and O–H groups in total. The third kappa shape index (κ3) is 6.58. The Morgan fingerprint density at radius 3 is 2.80 bits per heavy atom. The van der Waals surface area contributed by atoms with Gasteiger partial charge in [0.25, 0.3) is 0 Å². The van der Waals surface area contributed by atoms with Gasteiger partial charge in [0.05, 0.1) is 13.2 Å². The number of hydrogen-bond donors (Lipinski definition) is 1. The lowest BCUT2D eigenvalue weighted by Crippen LogP contribution is -2.48. The summed E-state index contributed by atoms with van der Waals surface area (Å²) in [5.74, 6) is 3.83. The maximum Gasteiger partial charge on any atom is 0.194 e. The van der Waals surface area contributed by atoms with Crippen LogP contribution in [0.15, 0.2) is 29.3 Å². The van der Waals surface area contributed by atoms with Crippen LogP contribution in [0.4, 0.5) is 0 Å². The second kappa shape index (κ2) is 12.5. The Kier molecular flexibility index (Phi) is 10.4. The zero-order chi connectivity index (χ0) is 20.6. The Morgan fingerprint density at radius 1 is 1.30 bits per heavy atom. The fourth-order valence-electron chi connectivity index (χ4n) is 3.40. The first-order valence-electron chi connectivity index (χ1n) is 10.1. The molecule has 1 aliphatic rings. The number of benzene rings is 1. The van der Waals surface area contributed by atoms with Crippen LogP contribution in [0.2, 0.25) is 0 Å². The van der Waals surface area contributed by atoms with Crippen LogP contribution in [-0.2, 0) is 18.3 Å². The van der Waals surface area contributed by atoms with E-state index in [1.54, 1.807) is 0 Å². The van der Waals surface area contributed by atoms with Crippen molar-refractivity contribution in [2.75, 3.05) is 38.2 Å². The molecule has 0 amide bonds. The normalized spacial score (nSPS) is 17.0. The van der Waals surface area contributed by atoms with E-state index >= 15 is 0 Å². The number of nitrogens with zero attached hydrogens (tertiary/aromatic N) is 5. The summed E-state index contributed by atoms with van der Waals surface area (Å²) in [6.07, 6.45) is 3.30. The summed E-state index contributed by atoms with van der Waals surface area (Å²) in [5.41, 5.74) is 2.52. The van der Waals surface area contributed by atoms with E-state index in [2.05, 4.69) is 57.9 Å². The van der Waals surface area contributed by atoms with Gasteiger partial charge in [0.2, 0.25) is 0 Å². The van der Waals surface area contributed by atoms with Gasteiger partial charge in [0.1, 0.15) is 18.5 Å². The number of morpholine rings is 1. The average molecular weight is 545 g/mol. The highest BCUT2D eigenvalue weighted by atomic mass is 127. The van der Waals surface area contributed by atoms with Gasteiger partial charge in [0.15, 0.2) is 11.8 Å². The van der Waals surface area contributed by atoms with E-state index in [0.29, 0.717) is 13.2 Å².